The quantitative estimate of drug-likeness (QED) is 0.896. The van der Waals surface area contributed by atoms with Gasteiger partial charge in [0.15, 0.2) is 11.5 Å². The van der Waals surface area contributed by atoms with Crippen molar-refractivity contribution in [3.05, 3.63) is 41.8 Å². The van der Waals surface area contributed by atoms with Gasteiger partial charge in [-0.05, 0) is 38.1 Å². The number of rotatable bonds is 4. The molecule has 0 fully saturated rings. The average Bonchev–Trinajstić information content (AvgIpc) is 2.89. The van der Waals surface area contributed by atoms with Crippen LogP contribution in [0.15, 0.2) is 34.9 Å². The third-order valence-corrected chi connectivity index (χ3v) is 2.72. The summed E-state index contributed by atoms with van der Waals surface area (Å²) in [5, 5.41) is 15.4. The van der Waals surface area contributed by atoms with E-state index in [2.05, 4.69) is 10.5 Å². The van der Waals surface area contributed by atoms with Gasteiger partial charge in [-0.15, -0.1) is 0 Å². The van der Waals surface area contributed by atoms with E-state index in [9.17, 15) is 9.18 Å². The molecule has 1 heterocycles. The van der Waals surface area contributed by atoms with E-state index < -0.39 is 11.4 Å². The van der Waals surface area contributed by atoms with Crippen LogP contribution in [0.4, 0.5) is 4.39 Å². The molecule has 0 bridgehead atoms. The maximum absolute atomic E-state index is 12.8. The zero-order chi connectivity index (χ0) is 14.8. The fourth-order valence-corrected chi connectivity index (χ4v) is 1.54. The van der Waals surface area contributed by atoms with Crippen LogP contribution in [0, 0.1) is 5.82 Å². The van der Waals surface area contributed by atoms with Gasteiger partial charge in [-0.1, -0.05) is 5.16 Å². The molecular formula is C14H15FN2O3. The van der Waals surface area contributed by atoms with Crippen LogP contribution in [0.3, 0.4) is 0 Å². The van der Waals surface area contributed by atoms with Crippen molar-refractivity contribution >= 4 is 5.91 Å². The first-order valence-corrected chi connectivity index (χ1v) is 6.07. The second kappa shape index (κ2) is 5.42. The summed E-state index contributed by atoms with van der Waals surface area (Å²) in [6, 6.07) is 7.14. The number of aliphatic hydroxyl groups excluding tert-OH is 1. The zero-order valence-electron chi connectivity index (χ0n) is 11.2. The van der Waals surface area contributed by atoms with Gasteiger partial charge in [-0.3, -0.25) is 4.79 Å². The Morgan fingerprint density at radius 3 is 2.65 bits per heavy atom. The van der Waals surface area contributed by atoms with Gasteiger partial charge in [0.05, 0.1) is 12.1 Å². The molecule has 0 saturated carbocycles. The fourth-order valence-electron chi connectivity index (χ4n) is 1.54. The molecule has 106 valence electrons. The minimum Gasteiger partial charge on any atom is -0.394 e. The largest absolute Gasteiger partial charge is 0.394 e. The third kappa shape index (κ3) is 3.21. The first kappa shape index (κ1) is 14.2. The number of hydrogen-bond acceptors (Lipinski definition) is 4. The first-order valence-electron chi connectivity index (χ1n) is 6.07. The Morgan fingerprint density at radius 2 is 2.05 bits per heavy atom. The monoisotopic (exact) mass is 278 g/mol. The van der Waals surface area contributed by atoms with Gasteiger partial charge >= 0.3 is 0 Å². The lowest BCUT2D eigenvalue weighted by Crippen LogP contribution is -2.46. The molecule has 1 aromatic carbocycles. The molecular weight excluding hydrogens is 263 g/mol. The molecule has 2 aromatic rings. The number of nitrogens with one attached hydrogen (secondary N) is 1. The molecule has 20 heavy (non-hydrogen) atoms. The minimum absolute atomic E-state index is 0.103. The van der Waals surface area contributed by atoms with Crippen molar-refractivity contribution in [3.8, 4) is 11.3 Å². The second-order valence-corrected chi connectivity index (χ2v) is 5.08. The predicted octanol–water partition coefficient (Wildman–Crippen LogP) is 1.98. The summed E-state index contributed by atoms with van der Waals surface area (Å²) in [7, 11) is 0. The lowest BCUT2D eigenvalue weighted by molar-refractivity contribution is 0.0860. The predicted molar refractivity (Wildman–Crippen MR) is 70.5 cm³/mol. The normalized spacial score (nSPS) is 11.4. The Hall–Kier alpha value is -2.21. The maximum atomic E-state index is 12.8. The zero-order valence-corrected chi connectivity index (χ0v) is 11.2. The smallest absolute Gasteiger partial charge is 0.273 e. The SMILES string of the molecule is CC(C)(CO)NC(=O)c1cc(-c2ccc(F)cc2)on1. The molecule has 0 radical (unpaired) electrons. The Bertz CT molecular complexity index is 605. The summed E-state index contributed by atoms with van der Waals surface area (Å²) < 4.78 is 17.9. The number of carbonyl (C=O) groups excluding carboxylic acids is 1. The maximum Gasteiger partial charge on any atom is 0.273 e. The van der Waals surface area contributed by atoms with E-state index in [0.717, 1.165) is 0 Å². The number of carbonyl (C=O) groups is 1. The Balaban J connectivity index is 2.17. The molecule has 1 aromatic heterocycles. The van der Waals surface area contributed by atoms with E-state index in [0.29, 0.717) is 11.3 Å². The van der Waals surface area contributed by atoms with Gasteiger partial charge in [0.2, 0.25) is 0 Å². The highest BCUT2D eigenvalue weighted by Gasteiger charge is 2.22. The lowest BCUT2D eigenvalue weighted by Gasteiger charge is -2.22. The third-order valence-electron chi connectivity index (χ3n) is 2.72. The van der Waals surface area contributed by atoms with Crippen molar-refractivity contribution in [2.24, 2.45) is 0 Å². The van der Waals surface area contributed by atoms with Crippen LogP contribution in [0.5, 0.6) is 0 Å². The van der Waals surface area contributed by atoms with E-state index in [1.165, 1.54) is 30.3 Å². The van der Waals surface area contributed by atoms with Gasteiger partial charge in [0.1, 0.15) is 5.82 Å². The van der Waals surface area contributed by atoms with E-state index >= 15 is 0 Å². The molecule has 2 rings (SSSR count). The molecule has 5 nitrogen and oxygen atoms in total. The summed E-state index contributed by atoms with van der Waals surface area (Å²) in [4.78, 5) is 11.9. The highest BCUT2D eigenvalue weighted by atomic mass is 19.1. The lowest BCUT2D eigenvalue weighted by atomic mass is 10.1. The van der Waals surface area contributed by atoms with E-state index in [1.54, 1.807) is 13.8 Å². The Kier molecular flexibility index (Phi) is 3.85. The van der Waals surface area contributed by atoms with E-state index in [1.807, 2.05) is 0 Å². The molecule has 6 heteroatoms. The van der Waals surface area contributed by atoms with Crippen LogP contribution >= 0.6 is 0 Å². The van der Waals surface area contributed by atoms with Crippen LogP contribution in [0.2, 0.25) is 0 Å². The van der Waals surface area contributed by atoms with Gasteiger partial charge in [-0.2, -0.15) is 0 Å². The number of aliphatic hydroxyl groups is 1. The van der Waals surface area contributed by atoms with Crippen LogP contribution in [-0.4, -0.2) is 28.3 Å². The van der Waals surface area contributed by atoms with Gasteiger partial charge < -0.3 is 14.9 Å². The average molecular weight is 278 g/mol. The molecule has 2 N–H and O–H groups in total. The van der Waals surface area contributed by atoms with Crippen LogP contribution in [-0.2, 0) is 0 Å². The number of benzene rings is 1. The van der Waals surface area contributed by atoms with Crippen molar-refractivity contribution in [1.29, 1.82) is 0 Å². The first-order chi connectivity index (χ1) is 9.41. The van der Waals surface area contributed by atoms with Gasteiger partial charge in [0, 0.05) is 11.6 Å². The van der Waals surface area contributed by atoms with Crippen LogP contribution < -0.4 is 5.32 Å². The number of nitrogens with zero attached hydrogens (tertiary/aromatic N) is 1. The molecule has 0 aliphatic rings. The molecule has 0 atom stereocenters. The van der Waals surface area contributed by atoms with Crippen LogP contribution in [0.1, 0.15) is 24.3 Å². The highest BCUT2D eigenvalue weighted by Crippen LogP contribution is 2.20. The summed E-state index contributed by atoms with van der Waals surface area (Å²) in [5.41, 5.74) is -0.0169. The number of amides is 1. The molecule has 0 aliphatic carbocycles. The van der Waals surface area contributed by atoms with Crippen LogP contribution in [0.25, 0.3) is 11.3 Å². The molecule has 0 aliphatic heterocycles. The topological polar surface area (TPSA) is 75.4 Å². The Labute approximate surface area is 115 Å². The van der Waals surface area contributed by atoms with Crippen molar-refractivity contribution in [2.45, 2.75) is 19.4 Å². The number of aromatic nitrogens is 1. The summed E-state index contributed by atoms with van der Waals surface area (Å²) >= 11 is 0. The minimum atomic E-state index is -0.744. The van der Waals surface area contributed by atoms with E-state index in [4.69, 9.17) is 9.63 Å². The van der Waals surface area contributed by atoms with Crippen molar-refractivity contribution < 1.29 is 18.8 Å². The van der Waals surface area contributed by atoms with E-state index in [-0.39, 0.29) is 18.1 Å². The summed E-state index contributed by atoms with van der Waals surface area (Å²) in [6.45, 7) is 3.18. The van der Waals surface area contributed by atoms with Crippen molar-refractivity contribution in [3.63, 3.8) is 0 Å². The second-order valence-electron chi connectivity index (χ2n) is 5.08. The van der Waals surface area contributed by atoms with Crippen molar-refractivity contribution in [2.75, 3.05) is 6.61 Å². The summed E-state index contributed by atoms with van der Waals surface area (Å²) in [6.07, 6.45) is 0. The number of halogens is 1. The standard InChI is InChI=1S/C14H15FN2O3/c1-14(2,8-18)16-13(19)11-7-12(20-17-11)9-3-5-10(15)6-4-9/h3-7,18H,8H2,1-2H3,(H,16,19). The molecule has 0 spiro atoms. The molecule has 0 unspecified atom stereocenters. The van der Waals surface area contributed by atoms with Crippen molar-refractivity contribution in [1.82, 2.24) is 10.5 Å². The molecule has 0 saturated heterocycles. The number of hydrogen-bond donors (Lipinski definition) is 2. The fraction of sp³-hybridized carbons (Fsp3) is 0.286. The summed E-state index contributed by atoms with van der Waals surface area (Å²) in [5.74, 6) is -0.422. The van der Waals surface area contributed by atoms with Gasteiger partial charge in [0.25, 0.3) is 5.91 Å². The Morgan fingerprint density at radius 1 is 1.40 bits per heavy atom. The van der Waals surface area contributed by atoms with Gasteiger partial charge in [-0.25, -0.2) is 4.39 Å². The highest BCUT2D eigenvalue weighted by molar-refractivity contribution is 5.93. The molecule has 1 amide bonds.